The number of rotatable bonds is 5. The van der Waals surface area contributed by atoms with Crippen LogP contribution in [0.25, 0.3) is 0 Å². The minimum absolute atomic E-state index is 0.0306. The highest BCUT2D eigenvalue weighted by Gasteiger charge is 2.64. The molecule has 0 amide bonds. The Hall–Kier alpha value is -0.950. The number of nitrogens with two attached hydrogens (primary N) is 1. The molecule has 9 atom stereocenters. The number of fused-ring (bicyclic) bond motifs is 3. The topological polar surface area (TPSA) is 113 Å². The first kappa shape index (κ1) is 23.7. The first-order valence-corrected chi connectivity index (χ1v) is 11.3. The lowest BCUT2D eigenvalue weighted by molar-refractivity contribution is -0.218. The van der Waals surface area contributed by atoms with E-state index in [1.54, 1.807) is 0 Å². The molecular formula is C24H41NO5. The van der Waals surface area contributed by atoms with Crippen LogP contribution in [-0.4, -0.2) is 52.8 Å². The largest absolute Gasteiger partial charge is 0.480 e. The van der Waals surface area contributed by atoms with Crippen LogP contribution in [0, 0.1) is 34.0 Å². The minimum Gasteiger partial charge on any atom is -0.480 e. The second-order valence-electron chi connectivity index (χ2n) is 11.3. The lowest BCUT2D eigenvalue weighted by atomic mass is 9.39. The van der Waals surface area contributed by atoms with E-state index in [1.807, 2.05) is 0 Å². The van der Waals surface area contributed by atoms with Gasteiger partial charge in [0.1, 0.15) is 6.04 Å². The van der Waals surface area contributed by atoms with Gasteiger partial charge in [-0.05, 0) is 73.0 Å². The molecule has 0 unspecified atom stereocenters. The molecule has 3 aliphatic rings. The van der Waals surface area contributed by atoms with Gasteiger partial charge in [0.2, 0.25) is 0 Å². The van der Waals surface area contributed by atoms with Crippen molar-refractivity contribution in [2.45, 2.75) is 91.1 Å². The third-order valence-corrected chi connectivity index (χ3v) is 9.51. The Kier molecular flexibility index (Phi) is 6.22. The highest BCUT2D eigenvalue weighted by Crippen LogP contribution is 2.68. The van der Waals surface area contributed by atoms with Crippen molar-refractivity contribution in [1.82, 2.24) is 0 Å². The Morgan fingerprint density at radius 1 is 1.23 bits per heavy atom. The standard InChI is InChI=1S/C24H41NO5/c1-13-7-8-18-23(4,14(13)11-16(30-6)19(25)21(28)29)10-9-17-22(2,3)20(27)15(26)12-24(17,18)5/h7,14-20,26-27H,8-12,25H2,1-6H3,(H,28,29)/t14-,15-,16-,17+,18-,19-,20+,23-,24+/m0/s1. The lowest BCUT2D eigenvalue weighted by Crippen LogP contribution is -2.64. The van der Waals surface area contributed by atoms with Gasteiger partial charge in [0, 0.05) is 7.11 Å². The predicted octanol–water partition coefficient (Wildman–Crippen LogP) is 2.96. The molecule has 5 N–H and O–H groups in total. The van der Waals surface area contributed by atoms with Gasteiger partial charge in [0.05, 0.1) is 18.3 Å². The normalized spacial score (nSPS) is 45.0. The molecule has 0 spiro atoms. The quantitative estimate of drug-likeness (QED) is 0.506. The number of hydrogen-bond acceptors (Lipinski definition) is 5. The fourth-order valence-electron chi connectivity index (χ4n) is 7.88. The van der Waals surface area contributed by atoms with Crippen LogP contribution in [0.15, 0.2) is 11.6 Å². The third-order valence-electron chi connectivity index (χ3n) is 9.51. The van der Waals surface area contributed by atoms with Crippen LogP contribution in [0.5, 0.6) is 0 Å². The van der Waals surface area contributed by atoms with Crippen molar-refractivity contribution < 1.29 is 24.9 Å². The number of carboxylic acid groups (broad SMARTS) is 1. The molecule has 6 heteroatoms. The molecule has 3 aliphatic carbocycles. The first-order valence-electron chi connectivity index (χ1n) is 11.3. The minimum atomic E-state index is -1.05. The molecule has 0 aromatic rings. The maximum Gasteiger partial charge on any atom is 0.323 e. The van der Waals surface area contributed by atoms with Gasteiger partial charge >= 0.3 is 5.97 Å². The summed E-state index contributed by atoms with van der Waals surface area (Å²) in [6, 6.07) is -1.05. The fourth-order valence-corrected chi connectivity index (χ4v) is 7.88. The number of carbonyl (C=O) groups is 1. The maximum atomic E-state index is 11.5. The van der Waals surface area contributed by atoms with Crippen molar-refractivity contribution in [2.75, 3.05) is 7.11 Å². The smallest absolute Gasteiger partial charge is 0.323 e. The van der Waals surface area contributed by atoms with Gasteiger partial charge in [-0.1, -0.05) is 39.3 Å². The summed E-state index contributed by atoms with van der Waals surface area (Å²) < 4.78 is 5.54. The van der Waals surface area contributed by atoms with Crippen molar-refractivity contribution in [3.8, 4) is 0 Å². The summed E-state index contributed by atoms with van der Waals surface area (Å²) in [5, 5.41) is 30.9. The molecule has 0 aromatic carbocycles. The van der Waals surface area contributed by atoms with E-state index in [9.17, 15) is 20.1 Å². The van der Waals surface area contributed by atoms with Crippen molar-refractivity contribution in [3.63, 3.8) is 0 Å². The molecule has 30 heavy (non-hydrogen) atoms. The van der Waals surface area contributed by atoms with Crippen LogP contribution < -0.4 is 5.73 Å². The Bertz CT molecular complexity index is 706. The van der Waals surface area contributed by atoms with Crippen molar-refractivity contribution >= 4 is 5.97 Å². The summed E-state index contributed by atoms with van der Waals surface area (Å²) in [7, 11) is 1.54. The van der Waals surface area contributed by atoms with Crippen molar-refractivity contribution in [3.05, 3.63) is 11.6 Å². The van der Waals surface area contributed by atoms with E-state index in [0.29, 0.717) is 24.7 Å². The molecule has 0 aliphatic heterocycles. The van der Waals surface area contributed by atoms with E-state index < -0.39 is 30.3 Å². The van der Waals surface area contributed by atoms with Crippen molar-refractivity contribution in [1.29, 1.82) is 0 Å². The number of aliphatic carboxylic acids is 1. The molecule has 3 rings (SSSR count). The van der Waals surface area contributed by atoms with Crippen LogP contribution in [0.1, 0.15) is 66.7 Å². The number of allylic oxidation sites excluding steroid dienone is 2. The van der Waals surface area contributed by atoms with Crippen LogP contribution >= 0.6 is 0 Å². The van der Waals surface area contributed by atoms with E-state index in [2.05, 4.69) is 40.7 Å². The molecule has 6 nitrogen and oxygen atoms in total. The molecule has 2 fully saturated rings. The van der Waals surface area contributed by atoms with Gasteiger partial charge in [-0.3, -0.25) is 4.79 Å². The lowest BCUT2D eigenvalue weighted by Gasteiger charge is -2.67. The number of ether oxygens (including phenoxy) is 1. The molecule has 0 bridgehead atoms. The van der Waals surface area contributed by atoms with Crippen LogP contribution in [0.3, 0.4) is 0 Å². The molecule has 2 saturated carbocycles. The summed E-state index contributed by atoms with van der Waals surface area (Å²) in [4.78, 5) is 11.5. The summed E-state index contributed by atoms with van der Waals surface area (Å²) >= 11 is 0. The molecular weight excluding hydrogens is 382 g/mol. The molecule has 172 valence electrons. The Balaban J connectivity index is 1.98. The van der Waals surface area contributed by atoms with Crippen LogP contribution in [-0.2, 0) is 9.53 Å². The summed E-state index contributed by atoms with van der Waals surface area (Å²) in [6.07, 6.45) is 4.46. The van der Waals surface area contributed by atoms with Crippen LogP contribution in [0.2, 0.25) is 0 Å². The van der Waals surface area contributed by atoms with Gasteiger partial charge < -0.3 is 25.8 Å². The zero-order chi connectivity index (χ0) is 22.6. The van der Waals surface area contributed by atoms with Gasteiger partial charge in [-0.25, -0.2) is 0 Å². The molecule has 0 saturated heterocycles. The average Bonchev–Trinajstić information content (AvgIpc) is 2.65. The van der Waals surface area contributed by atoms with E-state index in [4.69, 9.17) is 10.5 Å². The molecule has 0 heterocycles. The van der Waals surface area contributed by atoms with Gasteiger partial charge in [0.25, 0.3) is 0 Å². The Morgan fingerprint density at radius 2 is 1.87 bits per heavy atom. The Morgan fingerprint density at radius 3 is 2.43 bits per heavy atom. The highest BCUT2D eigenvalue weighted by molar-refractivity contribution is 5.73. The van der Waals surface area contributed by atoms with E-state index in [0.717, 1.165) is 19.3 Å². The summed E-state index contributed by atoms with van der Waals surface area (Å²) in [5.74, 6) is -0.190. The maximum absolute atomic E-state index is 11.5. The summed E-state index contributed by atoms with van der Waals surface area (Å²) in [5.41, 5.74) is 6.75. The van der Waals surface area contributed by atoms with Gasteiger partial charge in [-0.2, -0.15) is 0 Å². The highest BCUT2D eigenvalue weighted by atomic mass is 16.5. The number of hydrogen-bond donors (Lipinski definition) is 4. The number of methoxy groups -OCH3 is 1. The predicted molar refractivity (Wildman–Crippen MR) is 116 cm³/mol. The summed E-state index contributed by atoms with van der Waals surface area (Å²) in [6.45, 7) is 11.0. The SMILES string of the molecule is CO[C@@H](C[C@H]1C(C)=CC[C@@H]2[C@]3(C)C[C@H](O)[C@@H](O)C(C)(C)[C@H]3CC[C@]21C)[C@H](N)C(=O)O. The number of aliphatic hydroxyl groups excluding tert-OH is 2. The van der Waals surface area contributed by atoms with Crippen LogP contribution in [0.4, 0.5) is 0 Å². The second kappa shape index (κ2) is 7.88. The van der Waals surface area contributed by atoms with Gasteiger partial charge in [0.15, 0.2) is 0 Å². The van der Waals surface area contributed by atoms with Crippen molar-refractivity contribution in [2.24, 2.45) is 39.7 Å². The number of aliphatic hydroxyl groups is 2. The van der Waals surface area contributed by atoms with E-state index in [1.165, 1.54) is 12.7 Å². The third kappa shape index (κ3) is 3.44. The second-order valence-corrected chi connectivity index (χ2v) is 11.3. The van der Waals surface area contributed by atoms with Gasteiger partial charge in [-0.15, -0.1) is 0 Å². The monoisotopic (exact) mass is 423 g/mol. The zero-order valence-corrected chi connectivity index (χ0v) is 19.4. The Labute approximate surface area is 180 Å². The molecule has 0 aromatic heterocycles. The average molecular weight is 424 g/mol. The first-order chi connectivity index (χ1) is 13.8. The van der Waals surface area contributed by atoms with E-state index >= 15 is 0 Å². The zero-order valence-electron chi connectivity index (χ0n) is 19.4. The molecule has 0 radical (unpaired) electrons. The van der Waals surface area contributed by atoms with E-state index in [-0.39, 0.29) is 22.2 Å². The fraction of sp³-hybridized carbons (Fsp3) is 0.875. The number of carboxylic acids is 1.